The lowest BCUT2D eigenvalue weighted by Crippen LogP contribution is -2.38. The van der Waals surface area contributed by atoms with Gasteiger partial charge in [-0.3, -0.25) is 9.69 Å². The fourth-order valence-corrected chi connectivity index (χ4v) is 3.86. The number of furan rings is 1. The monoisotopic (exact) mass is 412 g/mol. The number of hydrogen-bond acceptors (Lipinski definition) is 5. The number of ether oxygens (including phenoxy) is 2. The maximum Gasteiger partial charge on any atom is 0.244 e. The molecule has 1 amide bonds. The van der Waals surface area contributed by atoms with Gasteiger partial charge in [0.1, 0.15) is 11.5 Å². The summed E-state index contributed by atoms with van der Waals surface area (Å²) in [5.74, 6) is 3.75. The fourth-order valence-electron chi connectivity index (χ4n) is 3.86. The lowest BCUT2D eigenvalue weighted by atomic mass is 9.96. The number of carbonyl (C=O) groups excluding carboxylic acids is 1. The van der Waals surface area contributed by atoms with Crippen LogP contribution in [-0.4, -0.2) is 44.7 Å². The van der Waals surface area contributed by atoms with Crippen molar-refractivity contribution in [2.75, 3.05) is 33.9 Å². The van der Waals surface area contributed by atoms with Crippen molar-refractivity contribution in [1.82, 2.24) is 10.2 Å². The number of aryl methyl sites for hydroxylation is 2. The maximum absolute atomic E-state index is 12.2. The first-order chi connectivity index (χ1) is 14.5. The van der Waals surface area contributed by atoms with Gasteiger partial charge in [0.15, 0.2) is 11.5 Å². The highest BCUT2D eigenvalue weighted by atomic mass is 16.5. The summed E-state index contributed by atoms with van der Waals surface area (Å²) in [5, 5.41) is 3.04. The van der Waals surface area contributed by atoms with Crippen molar-refractivity contribution in [2.45, 2.75) is 33.2 Å². The molecule has 0 bridgehead atoms. The van der Waals surface area contributed by atoms with Crippen LogP contribution in [0.25, 0.3) is 6.08 Å². The molecule has 1 saturated heterocycles. The van der Waals surface area contributed by atoms with Gasteiger partial charge in [0, 0.05) is 24.7 Å². The number of carbonyl (C=O) groups is 1. The predicted octanol–water partition coefficient (Wildman–Crippen LogP) is 3.96. The van der Waals surface area contributed by atoms with Crippen LogP contribution in [-0.2, 0) is 11.3 Å². The number of benzene rings is 1. The first kappa shape index (κ1) is 22.0. The summed E-state index contributed by atoms with van der Waals surface area (Å²) in [6.45, 7) is 7.77. The van der Waals surface area contributed by atoms with Gasteiger partial charge < -0.3 is 19.2 Å². The molecule has 1 fully saturated rings. The summed E-state index contributed by atoms with van der Waals surface area (Å²) in [7, 11) is 3.20. The molecular formula is C24H32N2O4. The number of nitrogens with zero attached hydrogens (tertiary/aromatic N) is 1. The Kier molecular flexibility index (Phi) is 7.57. The van der Waals surface area contributed by atoms with E-state index in [0.717, 1.165) is 49.6 Å². The van der Waals surface area contributed by atoms with Crippen LogP contribution in [0.4, 0.5) is 0 Å². The molecule has 0 unspecified atom stereocenters. The third-order valence-corrected chi connectivity index (χ3v) is 5.64. The van der Waals surface area contributed by atoms with Crippen LogP contribution in [0.15, 0.2) is 34.8 Å². The summed E-state index contributed by atoms with van der Waals surface area (Å²) < 4.78 is 16.2. The Bertz CT molecular complexity index is 879. The summed E-state index contributed by atoms with van der Waals surface area (Å²) >= 11 is 0. The second kappa shape index (κ2) is 10.3. The second-order valence-electron chi connectivity index (χ2n) is 7.85. The Balaban J connectivity index is 1.41. The Morgan fingerprint density at radius 3 is 2.53 bits per heavy atom. The van der Waals surface area contributed by atoms with E-state index in [2.05, 4.69) is 16.3 Å². The van der Waals surface area contributed by atoms with Crippen molar-refractivity contribution < 1.29 is 18.7 Å². The van der Waals surface area contributed by atoms with Crippen LogP contribution in [0.5, 0.6) is 11.5 Å². The predicted molar refractivity (Wildman–Crippen MR) is 118 cm³/mol. The van der Waals surface area contributed by atoms with Gasteiger partial charge in [-0.05, 0) is 75.5 Å². The normalized spacial score (nSPS) is 15.5. The molecule has 0 aliphatic carbocycles. The van der Waals surface area contributed by atoms with E-state index in [1.807, 2.05) is 32.0 Å². The zero-order valence-electron chi connectivity index (χ0n) is 18.4. The van der Waals surface area contributed by atoms with E-state index in [4.69, 9.17) is 13.9 Å². The molecule has 30 heavy (non-hydrogen) atoms. The van der Waals surface area contributed by atoms with Crippen LogP contribution in [0.3, 0.4) is 0 Å². The van der Waals surface area contributed by atoms with Gasteiger partial charge in [-0.15, -0.1) is 0 Å². The second-order valence-corrected chi connectivity index (χ2v) is 7.85. The van der Waals surface area contributed by atoms with Gasteiger partial charge >= 0.3 is 0 Å². The SMILES string of the molecule is COc1ccc(/C=C/C(=O)NCC2CCN(Cc3cc(C)oc3C)CC2)cc1OC. The van der Waals surface area contributed by atoms with Gasteiger partial charge in [0.25, 0.3) is 0 Å². The minimum Gasteiger partial charge on any atom is -0.493 e. The number of nitrogens with one attached hydrogen (secondary N) is 1. The lowest BCUT2D eigenvalue weighted by Gasteiger charge is -2.31. The van der Waals surface area contributed by atoms with Crippen molar-refractivity contribution in [1.29, 1.82) is 0 Å². The molecule has 1 aromatic heterocycles. The number of hydrogen-bond donors (Lipinski definition) is 1. The molecule has 162 valence electrons. The van der Waals surface area contributed by atoms with Crippen molar-refractivity contribution in [3.8, 4) is 11.5 Å². The van der Waals surface area contributed by atoms with Crippen LogP contribution in [0, 0.1) is 19.8 Å². The lowest BCUT2D eigenvalue weighted by molar-refractivity contribution is -0.116. The highest BCUT2D eigenvalue weighted by Gasteiger charge is 2.20. The summed E-state index contributed by atoms with van der Waals surface area (Å²) in [5.41, 5.74) is 2.17. The fraction of sp³-hybridized carbons (Fsp3) is 0.458. The van der Waals surface area contributed by atoms with Crippen molar-refractivity contribution in [3.05, 3.63) is 53.0 Å². The van der Waals surface area contributed by atoms with E-state index in [1.54, 1.807) is 26.4 Å². The molecule has 2 aromatic rings. The van der Waals surface area contributed by atoms with E-state index < -0.39 is 0 Å². The molecule has 1 aliphatic heterocycles. The quantitative estimate of drug-likeness (QED) is 0.665. The zero-order valence-corrected chi connectivity index (χ0v) is 18.4. The number of piperidine rings is 1. The van der Waals surface area contributed by atoms with E-state index in [0.29, 0.717) is 24.0 Å². The van der Waals surface area contributed by atoms with Gasteiger partial charge in [-0.25, -0.2) is 0 Å². The highest BCUT2D eigenvalue weighted by molar-refractivity contribution is 5.91. The van der Waals surface area contributed by atoms with Gasteiger partial charge in [0.2, 0.25) is 5.91 Å². The minimum atomic E-state index is -0.0725. The maximum atomic E-state index is 12.2. The van der Waals surface area contributed by atoms with Gasteiger partial charge in [-0.1, -0.05) is 6.07 Å². The Morgan fingerprint density at radius 1 is 1.17 bits per heavy atom. The molecule has 6 nitrogen and oxygen atoms in total. The Labute approximate surface area is 178 Å². The zero-order chi connectivity index (χ0) is 21.5. The standard InChI is InChI=1S/C24H32N2O4/c1-17-13-21(18(2)30-17)16-26-11-9-20(10-12-26)15-25-24(27)8-6-19-5-7-22(28-3)23(14-19)29-4/h5-8,13-14,20H,9-12,15-16H2,1-4H3,(H,25,27)/b8-6+. The molecular weight excluding hydrogens is 380 g/mol. The minimum absolute atomic E-state index is 0.0725. The number of amides is 1. The molecule has 1 aliphatic rings. The number of methoxy groups -OCH3 is 2. The molecule has 0 spiro atoms. The van der Waals surface area contributed by atoms with E-state index in [1.165, 1.54) is 5.56 Å². The average molecular weight is 413 g/mol. The topological polar surface area (TPSA) is 63.9 Å². The summed E-state index contributed by atoms with van der Waals surface area (Å²) in [4.78, 5) is 14.7. The van der Waals surface area contributed by atoms with Crippen molar-refractivity contribution >= 4 is 12.0 Å². The van der Waals surface area contributed by atoms with Crippen molar-refractivity contribution in [3.63, 3.8) is 0 Å². The Morgan fingerprint density at radius 2 is 1.90 bits per heavy atom. The Hall–Kier alpha value is -2.73. The van der Waals surface area contributed by atoms with Crippen LogP contribution < -0.4 is 14.8 Å². The van der Waals surface area contributed by atoms with Crippen LogP contribution in [0.2, 0.25) is 0 Å². The summed E-state index contributed by atoms with van der Waals surface area (Å²) in [6.07, 6.45) is 5.54. The molecule has 1 aromatic carbocycles. The van der Waals surface area contributed by atoms with Crippen molar-refractivity contribution in [2.24, 2.45) is 5.92 Å². The molecule has 3 rings (SSSR count). The van der Waals surface area contributed by atoms with Crippen LogP contribution in [0.1, 0.15) is 35.5 Å². The van der Waals surface area contributed by atoms with Gasteiger partial charge in [-0.2, -0.15) is 0 Å². The first-order valence-electron chi connectivity index (χ1n) is 10.4. The molecule has 0 atom stereocenters. The van der Waals surface area contributed by atoms with Crippen LogP contribution >= 0.6 is 0 Å². The highest BCUT2D eigenvalue weighted by Crippen LogP contribution is 2.28. The molecule has 1 N–H and O–H groups in total. The van der Waals surface area contributed by atoms with E-state index in [9.17, 15) is 4.79 Å². The number of rotatable bonds is 8. The molecule has 6 heteroatoms. The van der Waals surface area contributed by atoms with Gasteiger partial charge in [0.05, 0.1) is 14.2 Å². The largest absolute Gasteiger partial charge is 0.493 e. The average Bonchev–Trinajstić information content (AvgIpc) is 3.07. The number of likely N-dealkylation sites (tertiary alicyclic amines) is 1. The molecule has 2 heterocycles. The third kappa shape index (κ3) is 5.89. The summed E-state index contributed by atoms with van der Waals surface area (Å²) in [6, 6.07) is 7.70. The van der Waals surface area contributed by atoms with E-state index in [-0.39, 0.29) is 5.91 Å². The first-order valence-corrected chi connectivity index (χ1v) is 10.4. The molecule has 0 radical (unpaired) electrons. The molecule has 0 saturated carbocycles. The third-order valence-electron chi connectivity index (χ3n) is 5.64. The smallest absolute Gasteiger partial charge is 0.244 e. The van der Waals surface area contributed by atoms with E-state index >= 15 is 0 Å².